The molecule has 0 aliphatic carbocycles. The maximum atomic E-state index is 11.9. The molecular weight excluding hydrogens is 280 g/mol. The van der Waals surface area contributed by atoms with Crippen LogP contribution in [0.3, 0.4) is 0 Å². The first-order valence-corrected chi connectivity index (χ1v) is 7.03. The van der Waals surface area contributed by atoms with E-state index in [1.807, 2.05) is 36.5 Å². The summed E-state index contributed by atoms with van der Waals surface area (Å²) in [5.74, 6) is 1.02. The van der Waals surface area contributed by atoms with Crippen molar-refractivity contribution in [3.8, 4) is 5.69 Å². The Morgan fingerprint density at radius 3 is 2.86 bits per heavy atom. The molecule has 3 aromatic rings. The van der Waals surface area contributed by atoms with Crippen molar-refractivity contribution in [2.75, 3.05) is 5.32 Å². The number of benzene rings is 1. The molecule has 0 aliphatic heterocycles. The Hall–Kier alpha value is -2.89. The predicted molar refractivity (Wildman–Crippen MR) is 81.8 cm³/mol. The van der Waals surface area contributed by atoms with Crippen LogP contribution in [0.25, 0.3) is 5.69 Å². The molecule has 2 heterocycles. The van der Waals surface area contributed by atoms with Crippen LogP contribution in [0, 0.1) is 6.92 Å². The minimum Gasteiger partial charge on any atom is -0.360 e. The van der Waals surface area contributed by atoms with E-state index >= 15 is 0 Å². The van der Waals surface area contributed by atoms with Gasteiger partial charge in [-0.1, -0.05) is 23.4 Å². The third kappa shape index (κ3) is 3.41. The number of nitrogens with zero attached hydrogens (tertiary/aromatic N) is 3. The number of carbonyl (C=O) groups is 1. The smallest absolute Gasteiger partial charge is 0.225 e. The second-order valence-electron chi connectivity index (χ2n) is 5.00. The predicted octanol–water partition coefficient (Wildman–Crippen LogP) is 2.74. The van der Waals surface area contributed by atoms with Gasteiger partial charge in [-0.05, 0) is 31.0 Å². The molecule has 0 saturated carbocycles. The molecule has 0 atom stereocenters. The molecule has 0 unspecified atom stereocenters. The Kier molecular flexibility index (Phi) is 4.00. The lowest BCUT2D eigenvalue weighted by atomic mass is 10.2. The molecular formula is C16H16N4O2. The number of anilines is 1. The SMILES string of the molecule is Cc1cc(NC(=O)CCc2cnn(-c3ccccc3)c2)no1. The van der Waals surface area contributed by atoms with Crippen molar-refractivity contribution in [2.45, 2.75) is 19.8 Å². The highest BCUT2D eigenvalue weighted by molar-refractivity contribution is 5.89. The van der Waals surface area contributed by atoms with Crippen molar-refractivity contribution in [3.63, 3.8) is 0 Å². The summed E-state index contributed by atoms with van der Waals surface area (Å²) in [6.45, 7) is 1.78. The van der Waals surface area contributed by atoms with Gasteiger partial charge in [-0.25, -0.2) is 4.68 Å². The van der Waals surface area contributed by atoms with Gasteiger partial charge in [0.05, 0.1) is 11.9 Å². The summed E-state index contributed by atoms with van der Waals surface area (Å²) in [4.78, 5) is 11.9. The molecule has 22 heavy (non-hydrogen) atoms. The fraction of sp³-hybridized carbons (Fsp3) is 0.188. The molecule has 0 radical (unpaired) electrons. The maximum Gasteiger partial charge on any atom is 0.225 e. The number of aryl methyl sites for hydroxylation is 2. The molecule has 1 aromatic carbocycles. The maximum absolute atomic E-state index is 11.9. The van der Waals surface area contributed by atoms with Crippen molar-refractivity contribution in [1.29, 1.82) is 0 Å². The number of rotatable bonds is 5. The van der Waals surface area contributed by atoms with Gasteiger partial charge in [0.2, 0.25) is 5.91 Å². The first-order valence-electron chi connectivity index (χ1n) is 7.03. The van der Waals surface area contributed by atoms with Crippen LogP contribution in [0.2, 0.25) is 0 Å². The first kappa shape index (κ1) is 14.1. The first-order chi connectivity index (χ1) is 10.7. The second kappa shape index (κ2) is 6.26. The Morgan fingerprint density at radius 2 is 2.14 bits per heavy atom. The third-order valence-electron chi connectivity index (χ3n) is 3.19. The molecule has 1 amide bonds. The minimum absolute atomic E-state index is 0.0965. The molecule has 0 bridgehead atoms. The summed E-state index contributed by atoms with van der Waals surface area (Å²) in [6, 6.07) is 11.5. The molecule has 0 fully saturated rings. The van der Waals surface area contributed by atoms with Gasteiger partial charge >= 0.3 is 0 Å². The molecule has 1 N–H and O–H groups in total. The van der Waals surface area contributed by atoms with Gasteiger partial charge in [0.1, 0.15) is 5.76 Å². The summed E-state index contributed by atoms with van der Waals surface area (Å²) in [7, 11) is 0. The molecule has 6 heteroatoms. The molecule has 112 valence electrons. The number of para-hydroxylation sites is 1. The Morgan fingerprint density at radius 1 is 1.32 bits per heavy atom. The van der Waals surface area contributed by atoms with Gasteiger partial charge < -0.3 is 9.84 Å². The van der Waals surface area contributed by atoms with Crippen LogP contribution in [0.15, 0.2) is 53.3 Å². The van der Waals surface area contributed by atoms with Crippen molar-refractivity contribution < 1.29 is 9.32 Å². The summed E-state index contributed by atoms with van der Waals surface area (Å²) in [5.41, 5.74) is 2.01. The zero-order valence-corrected chi connectivity index (χ0v) is 12.2. The lowest BCUT2D eigenvalue weighted by Crippen LogP contribution is -2.12. The number of nitrogens with one attached hydrogen (secondary N) is 1. The average molecular weight is 296 g/mol. The summed E-state index contributed by atoms with van der Waals surface area (Å²) in [6.07, 6.45) is 4.70. The second-order valence-corrected chi connectivity index (χ2v) is 5.00. The van der Waals surface area contributed by atoms with Crippen molar-refractivity contribution >= 4 is 11.7 Å². The van der Waals surface area contributed by atoms with Gasteiger partial charge in [-0.2, -0.15) is 5.10 Å². The molecule has 6 nitrogen and oxygen atoms in total. The van der Waals surface area contributed by atoms with Gasteiger partial charge in [0, 0.05) is 18.7 Å². The van der Waals surface area contributed by atoms with Gasteiger partial charge in [0.15, 0.2) is 5.82 Å². The highest BCUT2D eigenvalue weighted by Gasteiger charge is 2.08. The monoisotopic (exact) mass is 296 g/mol. The van der Waals surface area contributed by atoms with Gasteiger partial charge in [-0.15, -0.1) is 0 Å². The van der Waals surface area contributed by atoms with E-state index < -0.39 is 0 Å². The fourth-order valence-corrected chi connectivity index (χ4v) is 2.10. The molecule has 3 rings (SSSR count). The topological polar surface area (TPSA) is 73.0 Å². The summed E-state index contributed by atoms with van der Waals surface area (Å²) < 4.78 is 6.70. The van der Waals surface area contributed by atoms with Crippen molar-refractivity contribution in [3.05, 3.63) is 60.1 Å². The highest BCUT2D eigenvalue weighted by Crippen LogP contribution is 2.11. The minimum atomic E-state index is -0.0965. The molecule has 2 aromatic heterocycles. The van der Waals surface area contributed by atoms with Gasteiger partial charge in [-0.3, -0.25) is 4.79 Å². The van der Waals surface area contributed by atoms with E-state index in [0.29, 0.717) is 24.4 Å². The third-order valence-corrected chi connectivity index (χ3v) is 3.19. The van der Waals surface area contributed by atoms with Crippen molar-refractivity contribution in [2.24, 2.45) is 0 Å². The fourth-order valence-electron chi connectivity index (χ4n) is 2.10. The van der Waals surface area contributed by atoms with Crippen molar-refractivity contribution in [1.82, 2.24) is 14.9 Å². The van der Waals surface area contributed by atoms with Gasteiger partial charge in [0.25, 0.3) is 0 Å². The molecule has 0 saturated heterocycles. The van der Waals surface area contributed by atoms with Crippen LogP contribution < -0.4 is 5.32 Å². The molecule has 0 aliphatic rings. The number of carbonyl (C=O) groups excluding carboxylic acids is 1. The largest absolute Gasteiger partial charge is 0.360 e. The van der Waals surface area contributed by atoms with Crippen LogP contribution in [0.4, 0.5) is 5.82 Å². The summed E-state index contributed by atoms with van der Waals surface area (Å²) in [5, 5.41) is 10.7. The van der Waals surface area contributed by atoms with Crippen LogP contribution in [0.1, 0.15) is 17.7 Å². The van der Waals surface area contributed by atoms with E-state index in [0.717, 1.165) is 11.3 Å². The number of amides is 1. The number of hydrogen-bond acceptors (Lipinski definition) is 4. The quantitative estimate of drug-likeness (QED) is 0.785. The van der Waals surface area contributed by atoms with E-state index in [1.165, 1.54) is 0 Å². The summed E-state index contributed by atoms with van der Waals surface area (Å²) >= 11 is 0. The van der Waals surface area contributed by atoms with E-state index in [2.05, 4.69) is 15.6 Å². The zero-order chi connectivity index (χ0) is 15.4. The van der Waals surface area contributed by atoms with E-state index in [-0.39, 0.29) is 5.91 Å². The number of aromatic nitrogens is 3. The van der Waals surface area contributed by atoms with E-state index in [1.54, 1.807) is 23.9 Å². The normalized spacial score (nSPS) is 10.6. The van der Waals surface area contributed by atoms with E-state index in [4.69, 9.17) is 4.52 Å². The van der Waals surface area contributed by atoms with Crippen LogP contribution in [-0.4, -0.2) is 20.8 Å². The van der Waals surface area contributed by atoms with Crippen LogP contribution in [-0.2, 0) is 11.2 Å². The zero-order valence-electron chi connectivity index (χ0n) is 12.2. The van der Waals surface area contributed by atoms with Crippen LogP contribution in [0.5, 0.6) is 0 Å². The van der Waals surface area contributed by atoms with Crippen LogP contribution >= 0.6 is 0 Å². The standard InChI is InChI=1S/C16H16N4O2/c1-12-9-15(19-22-12)18-16(21)8-7-13-10-17-20(11-13)14-5-3-2-4-6-14/h2-6,9-11H,7-8H2,1H3,(H,18,19,21). The lowest BCUT2D eigenvalue weighted by Gasteiger charge is -2.00. The Bertz CT molecular complexity index is 761. The Labute approximate surface area is 127 Å². The lowest BCUT2D eigenvalue weighted by molar-refractivity contribution is -0.116. The number of hydrogen-bond donors (Lipinski definition) is 1. The highest BCUT2D eigenvalue weighted by atomic mass is 16.5. The Balaban J connectivity index is 1.56. The van der Waals surface area contributed by atoms with E-state index in [9.17, 15) is 4.79 Å². The average Bonchev–Trinajstić information content (AvgIpc) is 3.15. The molecule has 0 spiro atoms.